The Hall–Kier alpha value is -3.25. The fourth-order valence-electron chi connectivity index (χ4n) is 4.68. The molecule has 0 bridgehead atoms. The first-order valence-corrected chi connectivity index (χ1v) is 14.0. The minimum atomic E-state index is -4.16. The van der Waals surface area contributed by atoms with Crippen molar-refractivity contribution in [1.82, 2.24) is 29.4 Å². The number of hydrogen-bond acceptors (Lipinski definition) is 8. The number of benzene rings is 1. The molecular formula is C25H34N6O5S. The second-order valence-corrected chi connectivity index (χ2v) is 11.4. The number of aromatic amines is 1. The van der Waals surface area contributed by atoms with Gasteiger partial charge in [0.15, 0.2) is 5.52 Å². The van der Waals surface area contributed by atoms with Crippen molar-refractivity contribution in [2.45, 2.75) is 45.4 Å². The van der Waals surface area contributed by atoms with Gasteiger partial charge in [0.1, 0.15) is 17.1 Å². The van der Waals surface area contributed by atoms with Gasteiger partial charge in [0.25, 0.3) is 15.6 Å². The summed E-state index contributed by atoms with van der Waals surface area (Å²) in [7, 11) is -2.47. The van der Waals surface area contributed by atoms with E-state index in [0.717, 1.165) is 4.31 Å². The standard InChI is InChI=1S/C25H34N6O5S/c1-6-31(25(33)16-10-11-26-14-16)37(34,35)17-8-9-20(36-7-2)18(13-17)23-27-21-19(12-15(3)4)29-30(5)22(21)24(32)28-23/h8-9,13,15-16,26H,6-7,10-12,14H2,1-5H3,(H,27,28,32). The van der Waals surface area contributed by atoms with Crippen molar-refractivity contribution in [1.29, 1.82) is 0 Å². The predicted octanol–water partition coefficient (Wildman–Crippen LogP) is 2.07. The molecule has 0 saturated carbocycles. The van der Waals surface area contributed by atoms with E-state index in [1.165, 1.54) is 22.9 Å². The molecule has 12 heteroatoms. The third-order valence-electron chi connectivity index (χ3n) is 6.40. The number of H-pyrrole nitrogens is 1. The van der Waals surface area contributed by atoms with Crippen LogP contribution in [0.5, 0.6) is 5.75 Å². The summed E-state index contributed by atoms with van der Waals surface area (Å²) in [5, 5.41) is 7.60. The maximum atomic E-state index is 13.6. The Labute approximate surface area is 216 Å². The number of hydrogen-bond donors (Lipinski definition) is 2. The maximum Gasteiger partial charge on any atom is 0.277 e. The highest BCUT2D eigenvalue weighted by molar-refractivity contribution is 7.89. The number of ether oxygens (including phenoxy) is 1. The monoisotopic (exact) mass is 530 g/mol. The molecule has 1 amide bonds. The Bertz CT molecular complexity index is 1470. The lowest BCUT2D eigenvalue weighted by atomic mass is 10.1. The molecule has 1 aliphatic heterocycles. The number of aromatic nitrogens is 4. The van der Waals surface area contributed by atoms with Crippen LogP contribution in [0, 0.1) is 11.8 Å². The minimum Gasteiger partial charge on any atom is -0.493 e. The van der Waals surface area contributed by atoms with E-state index >= 15 is 0 Å². The zero-order valence-corrected chi connectivity index (χ0v) is 22.7. The third kappa shape index (κ3) is 5.12. The molecule has 37 heavy (non-hydrogen) atoms. The van der Waals surface area contributed by atoms with Gasteiger partial charge in [-0.3, -0.25) is 14.3 Å². The molecule has 2 N–H and O–H groups in total. The van der Waals surface area contributed by atoms with Gasteiger partial charge in [0, 0.05) is 20.1 Å². The van der Waals surface area contributed by atoms with Crippen molar-refractivity contribution in [3.8, 4) is 17.1 Å². The smallest absolute Gasteiger partial charge is 0.277 e. The lowest BCUT2D eigenvalue weighted by Gasteiger charge is -2.24. The zero-order chi connectivity index (χ0) is 26.9. The van der Waals surface area contributed by atoms with E-state index in [0.29, 0.717) is 66.5 Å². The molecule has 1 atom stereocenters. The van der Waals surface area contributed by atoms with Gasteiger partial charge in [0.2, 0.25) is 5.91 Å². The molecule has 1 fully saturated rings. The molecule has 1 aliphatic rings. The van der Waals surface area contributed by atoms with Crippen molar-refractivity contribution < 1.29 is 17.9 Å². The summed E-state index contributed by atoms with van der Waals surface area (Å²) < 4.78 is 35.4. The largest absolute Gasteiger partial charge is 0.493 e. The molecule has 1 aromatic carbocycles. The van der Waals surface area contributed by atoms with Crippen LogP contribution in [0.25, 0.3) is 22.4 Å². The molecule has 0 spiro atoms. The van der Waals surface area contributed by atoms with Crippen LogP contribution in [0.15, 0.2) is 27.9 Å². The van der Waals surface area contributed by atoms with Crippen LogP contribution in [0.4, 0.5) is 0 Å². The van der Waals surface area contributed by atoms with E-state index in [9.17, 15) is 18.0 Å². The molecule has 1 unspecified atom stereocenters. The summed E-state index contributed by atoms with van der Waals surface area (Å²) in [6, 6.07) is 4.35. The van der Waals surface area contributed by atoms with Gasteiger partial charge in [0.05, 0.1) is 28.7 Å². The summed E-state index contributed by atoms with van der Waals surface area (Å²) in [5.74, 6) is 0.0209. The van der Waals surface area contributed by atoms with Gasteiger partial charge in [-0.2, -0.15) is 5.10 Å². The topological polar surface area (TPSA) is 139 Å². The lowest BCUT2D eigenvalue weighted by Crippen LogP contribution is -2.41. The Balaban J connectivity index is 1.85. The number of carbonyl (C=O) groups excluding carboxylic acids is 1. The molecule has 0 radical (unpaired) electrons. The highest BCUT2D eigenvalue weighted by Crippen LogP contribution is 2.32. The Morgan fingerprint density at radius 2 is 2.05 bits per heavy atom. The molecular weight excluding hydrogens is 496 g/mol. The van der Waals surface area contributed by atoms with E-state index in [1.807, 2.05) is 6.92 Å². The van der Waals surface area contributed by atoms with E-state index in [1.54, 1.807) is 14.0 Å². The van der Waals surface area contributed by atoms with Crippen LogP contribution in [0.3, 0.4) is 0 Å². The minimum absolute atomic E-state index is 0.00943. The Morgan fingerprint density at radius 3 is 2.68 bits per heavy atom. The number of sulfonamides is 1. The van der Waals surface area contributed by atoms with Gasteiger partial charge < -0.3 is 15.0 Å². The van der Waals surface area contributed by atoms with Crippen LogP contribution in [0.2, 0.25) is 0 Å². The number of carbonyl (C=O) groups is 1. The predicted molar refractivity (Wildman–Crippen MR) is 140 cm³/mol. The molecule has 11 nitrogen and oxygen atoms in total. The van der Waals surface area contributed by atoms with Crippen molar-refractivity contribution in [3.05, 3.63) is 34.2 Å². The van der Waals surface area contributed by atoms with Gasteiger partial charge in [-0.1, -0.05) is 13.8 Å². The van der Waals surface area contributed by atoms with Gasteiger partial charge in [-0.25, -0.2) is 17.7 Å². The number of nitrogens with one attached hydrogen (secondary N) is 2. The van der Waals surface area contributed by atoms with Gasteiger partial charge in [-0.05, 0) is 57.4 Å². The summed E-state index contributed by atoms with van der Waals surface area (Å²) in [6.45, 7) is 9.02. The SMILES string of the molecule is CCOc1ccc(S(=O)(=O)N(CC)C(=O)C2CCNC2)cc1-c1nc2c(CC(C)C)nn(C)c2c(=O)[nH]1. The summed E-state index contributed by atoms with van der Waals surface area (Å²) in [6.07, 6.45) is 1.22. The number of nitrogens with zero attached hydrogens (tertiary/aromatic N) is 4. The van der Waals surface area contributed by atoms with Crippen LogP contribution in [-0.2, 0) is 28.3 Å². The average Bonchev–Trinajstić information content (AvgIpc) is 3.48. The van der Waals surface area contributed by atoms with Crippen LogP contribution in [0.1, 0.15) is 39.8 Å². The normalized spacial score (nSPS) is 16.0. The molecule has 3 aromatic rings. The van der Waals surface area contributed by atoms with Crippen molar-refractivity contribution in [3.63, 3.8) is 0 Å². The van der Waals surface area contributed by atoms with Crippen molar-refractivity contribution in [2.75, 3.05) is 26.2 Å². The maximum absolute atomic E-state index is 13.6. The molecule has 0 aliphatic carbocycles. The first-order chi connectivity index (χ1) is 17.6. The fourth-order valence-corrected chi connectivity index (χ4v) is 6.16. The first kappa shape index (κ1) is 26.8. The van der Waals surface area contributed by atoms with Crippen LogP contribution in [-0.4, -0.2) is 64.6 Å². The van der Waals surface area contributed by atoms with Crippen LogP contribution < -0.4 is 15.6 Å². The number of amides is 1. The molecule has 4 rings (SSSR count). The summed E-state index contributed by atoms with van der Waals surface area (Å²) >= 11 is 0. The molecule has 2 aromatic heterocycles. The summed E-state index contributed by atoms with van der Waals surface area (Å²) in [4.78, 5) is 33.5. The van der Waals surface area contributed by atoms with Crippen LogP contribution >= 0.6 is 0 Å². The van der Waals surface area contributed by atoms with Gasteiger partial charge >= 0.3 is 0 Å². The molecule has 1 saturated heterocycles. The Morgan fingerprint density at radius 1 is 1.30 bits per heavy atom. The van der Waals surface area contributed by atoms with Crippen molar-refractivity contribution in [2.24, 2.45) is 18.9 Å². The number of aryl methyl sites for hydroxylation is 1. The number of fused-ring (bicyclic) bond motifs is 1. The van der Waals surface area contributed by atoms with E-state index in [2.05, 4.69) is 29.2 Å². The lowest BCUT2D eigenvalue weighted by molar-refractivity contribution is -0.129. The average molecular weight is 531 g/mol. The zero-order valence-electron chi connectivity index (χ0n) is 21.9. The second-order valence-electron chi connectivity index (χ2n) is 9.57. The highest BCUT2D eigenvalue weighted by atomic mass is 32.2. The van der Waals surface area contributed by atoms with E-state index in [4.69, 9.17) is 9.72 Å². The summed E-state index contributed by atoms with van der Waals surface area (Å²) in [5.41, 5.74) is 1.42. The molecule has 3 heterocycles. The number of rotatable bonds is 9. The van der Waals surface area contributed by atoms with Gasteiger partial charge in [-0.15, -0.1) is 0 Å². The second kappa shape index (κ2) is 10.6. The highest BCUT2D eigenvalue weighted by Gasteiger charge is 2.35. The van der Waals surface area contributed by atoms with E-state index < -0.39 is 15.9 Å². The quantitative estimate of drug-likeness (QED) is 0.429. The van der Waals surface area contributed by atoms with E-state index in [-0.39, 0.29) is 28.7 Å². The third-order valence-corrected chi connectivity index (χ3v) is 8.27. The molecule has 200 valence electrons. The Kier molecular flexibility index (Phi) is 7.69. The van der Waals surface area contributed by atoms with Crippen molar-refractivity contribution >= 4 is 27.0 Å². The fraction of sp³-hybridized carbons (Fsp3) is 0.520. The first-order valence-electron chi connectivity index (χ1n) is 12.6.